The number of hydrogen-bond acceptors (Lipinski definition) is 4. The van der Waals surface area contributed by atoms with E-state index in [1.54, 1.807) is 0 Å². The first-order valence-corrected chi connectivity index (χ1v) is 10.7. The third kappa shape index (κ3) is 3.74. The van der Waals surface area contributed by atoms with Crippen molar-refractivity contribution in [3.8, 4) is 5.69 Å². The van der Waals surface area contributed by atoms with Gasteiger partial charge in [-0.25, -0.2) is 4.98 Å². The third-order valence-electron chi connectivity index (χ3n) is 5.18. The molecule has 4 nitrogen and oxygen atoms in total. The average molecular weight is 367 g/mol. The van der Waals surface area contributed by atoms with Crippen molar-refractivity contribution >= 4 is 28.5 Å². The van der Waals surface area contributed by atoms with Crippen LogP contribution in [0, 0.1) is 0 Å². The van der Waals surface area contributed by atoms with Crippen LogP contribution in [0.2, 0.25) is 0 Å². The number of hydrogen-bond donors (Lipinski definition) is 1. The highest BCUT2D eigenvalue weighted by Gasteiger charge is 2.18. The predicted molar refractivity (Wildman–Crippen MR) is 113 cm³/mol. The van der Waals surface area contributed by atoms with E-state index in [0.29, 0.717) is 6.04 Å². The highest BCUT2D eigenvalue weighted by molar-refractivity contribution is 7.98. The van der Waals surface area contributed by atoms with Crippen molar-refractivity contribution in [2.24, 2.45) is 0 Å². The van der Waals surface area contributed by atoms with E-state index < -0.39 is 0 Å². The largest absolute Gasteiger partial charge is 0.371 e. The molecule has 1 aromatic heterocycles. The molecule has 2 aromatic carbocycles. The summed E-state index contributed by atoms with van der Waals surface area (Å²) in [7, 11) is 0. The molecule has 0 bridgehead atoms. The second-order valence-corrected chi connectivity index (χ2v) is 7.81. The van der Waals surface area contributed by atoms with Crippen LogP contribution < -0.4 is 10.2 Å². The molecule has 5 heteroatoms. The number of imidazole rings is 1. The van der Waals surface area contributed by atoms with E-state index in [1.807, 2.05) is 24.2 Å². The van der Waals surface area contributed by atoms with Gasteiger partial charge in [0, 0.05) is 42.8 Å². The zero-order chi connectivity index (χ0) is 17.8. The van der Waals surface area contributed by atoms with Crippen molar-refractivity contribution in [1.82, 2.24) is 14.9 Å². The van der Waals surface area contributed by atoms with E-state index in [1.165, 1.54) is 24.3 Å². The van der Waals surface area contributed by atoms with Crippen molar-refractivity contribution in [2.75, 3.05) is 36.5 Å². The van der Waals surface area contributed by atoms with Crippen molar-refractivity contribution in [3.63, 3.8) is 0 Å². The Balaban J connectivity index is 1.41. The van der Waals surface area contributed by atoms with E-state index in [0.717, 1.165) is 36.4 Å². The lowest BCUT2D eigenvalue weighted by atomic mass is 10.0. The first-order valence-electron chi connectivity index (χ1n) is 9.35. The van der Waals surface area contributed by atoms with E-state index in [-0.39, 0.29) is 0 Å². The molecule has 1 saturated heterocycles. The monoisotopic (exact) mass is 366 g/mol. The molecule has 1 aliphatic heterocycles. The van der Waals surface area contributed by atoms with Crippen LogP contribution >= 0.6 is 11.8 Å². The average Bonchev–Trinajstić information content (AvgIpc) is 3.13. The van der Waals surface area contributed by atoms with Crippen LogP contribution in [0.5, 0.6) is 0 Å². The van der Waals surface area contributed by atoms with Crippen LogP contribution in [-0.2, 0) is 0 Å². The molecule has 2 heterocycles. The van der Waals surface area contributed by atoms with E-state index >= 15 is 0 Å². The molecule has 0 saturated carbocycles. The second kappa shape index (κ2) is 8.14. The summed E-state index contributed by atoms with van der Waals surface area (Å²) in [5.41, 5.74) is 4.67. The van der Waals surface area contributed by atoms with Crippen LogP contribution in [0.15, 0.2) is 54.9 Å². The molecule has 0 atom stereocenters. The first kappa shape index (κ1) is 17.4. The van der Waals surface area contributed by atoms with Gasteiger partial charge in [0.2, 0.25) is 0 Å². The summed E-state index contributed by atoms with van der Waals surface area (Å²) in [4.78, 5) is 6.99. The number of anilines is 1. The first-order chi connectivity index (χ1) is 12.8. The summed E-state index contributed by atoms with van der Waals surface area (Å²) >= 11 is 1.91. The second-order valence-electron chi connectivity index (χ2n) is 6.83. The number of fused-ring (bicyclic) bond motifs is 1. The lowest BCUT2D eigenvalue weighted by Gasteiger charge is -2.34. The lowest BCUT2D eigenvalue weighted by Crippen LogP contribution is -2.43. The fraction of sp³-hybridized carbons (Fsp3) is 0.381. The molecule has 4 rings (SSSR count). The summed E-state index contributed by atoms with van der Waals surface area (Å²) in [5, 5.41) is 3.68. The van der Waals surface area contributed by atoms with E-state index in [4.69, 9.17) is 0 Å². The van der Waals surface area contributed by atoms with Gasteiger partial charge >= 0.3 is 0 Å². The maximum Gasteiger partial charge on any atom is 0.100 e. The SMILES string of the molecule is CSCCNC1CCN(c2ccc(-n3cnc4ccccc43)cc2)CC1. The van der Waals surface area contributed by atoms with Crippen molar-refractivity contribution in [2.45, 2.75) is 18.9 Å². The number of benzene rings is 2. The van der Waals surface area contributed by atoms with Crippen LogP contribution in [0.25, 0.3) is 16.7 Å². The number of nitrogens with zero attached hydrogens (tertiary/aromatic N) is 3. The highest BCUT2D eigenvalue weighted by Crippen LogP contribution is 2.23. The molecule has 1 fully saturated rings. The minimum Gasteiger partial charge on any atom is -0.371 e. The quantitative estimate of drug-likeness (QED) is 0.670. The molecule has 26 heavy (non-hydrogen) atoms. The molecule has 136 valence electrons. The summed E-state index contributed by atoms with van der Waals surface area (Å²) in [6.07, 6.45) is 6.52. The van der Waals surface area contributed by atoms with Gasteiger partial charge in [-0.1, -0.05) is 12.1 Å². The fourth-order valence-electron chi connectivity index (χ4n) is 3.70. The summed E-state index contributed by atoms with van der Waals surface area (Å²) in [6, 6.07) is 17.8. The number of para-hydroxylation sites is 2. The zero-order valence-electron chi connectivity index (χ0n) is 15.3. The van der Waals surface area contributed by atoms with Gasteiger partial charge in [-0.15, -0.1) is 0 Å². The van der Waals surface area contributed by atoms with Gasteiger partial charge in [0.05, 0.1) is 11.0 Å². The number of nitrogens with one attached hydrogen (secondary N) is 1. The minimum absolute atomic E-state index is 0.676. The lowest BCUT2D eigenvalue weighted by molar-refractivity contribution is 0.425. The third-order valence-corrected chi connectivity index (χ3v) is 5.79. The Bertz CT molecular complexity index is 835. The summed E-state index contributed by atoms with van der Waals surface area (Å²) in [6.45, 7) is 3.38. The van der Waals surface area contributed by atoms with Gasteiger partial charge in [0.15, 0.2) is 0 Å². The fourth-order valence-corrected chi connectivity index (χ4v) is 4.02. The number of aromatic nitrogens is 2. The maximum absolute atomic E-state index is 4.49. The van der Waals surface area contributed by atoms with Crippen molar-refractivity contribution < 1.29 is 0 Å². The molecule has 0 radical (unpaired) electrons. The number of piperidine rings is 1. The van der Waals surface area contributed by atoms with E-state index in [9.17, 15) is 0 Å². The molecule has 0 unspecified atom stereocenters. The molecule has 3 aromatic rings. The van der Waals surface area contributed by atoms with Crippen LogP contribution in [0.4, 0.5) is 5.69 Å². The maximum atomic E-state index is 4.49. The minimum atomic E-state index is 0.676. The zero-order valence-corrected chi connectivity index (χ0v) is 16.1. The number of thioether (sulfide) groups is 1. The van der Waals surface area contributed by atoms with Gasteiger partial charge < -0.3 is 10.2 Å². The molecule has 1 aliphatic rings. The van der Waals surface area contributed by atoms with Gasteiger partial charge in [-0.2, -0.15) is 11.8 Å². The van der Waals surface area contributed by atoms with Crippen molar-refractivity contribution in [1.29, 1.82) is 0 Å². The van der Waals surface area contributed by atoms with Crippen LogP contribution in [-0.4, -0.2) is 47.2 Å². The van der Waals surface area contributed by atoms with Crippen molar-refractivity contribution in [3.05, 3.63) is 54.9 Å². The van der Waals surface area contributed by atoms with E-state index in [2.05, 4.69) is 68.5 Å². The van der Waals surface area contributed by atoms with Crippen LogP contribution in [0.1, 0.15) is 12.8 Å². The Kier molecular flexibility index (Phi) is 5.46. The Hall–Kier alpha value is -1.98. The highest BCUT2D eigenvalue weighted by atomic mass is 32.2. The van der Waals surface area contributed by atoms with Gasteiger partial charge in [0.1, 0.15) is 6.33 Å². The topological polar surface area (TPSA) is 33.1 Å². The Morgan fingerprint density at radius 1 is 1.04 bits per heavy atom. The Morgan fingerprint density at radius 2 is 1.77 bits per heavy atom. The summed E-state index contributed by atoms with van der Waals surface area (Å²) in [5.74, 6) is 1.20. The van der Waals surface area contributed by atoms with Gasteiger partial charge in [-0.05, 0) is 55.5 Å². The van der Waals surface area contributed by atoms with Gasteiger partial charge in [0.25, 0.3) is 0 Å². The molecule has 0 spiro atoms. The molecule has 0 amide bonds. The van der Waals surface area contributed by atoms with Gasteiger partial charge in [-0.3, -0.25) is 4.57 Å². The smallest absolute Gasteiger partial charge is 0.100 e. The molecular weight excluding hydrogens is 340 g/mol. The predicted octanol–water partition coefficient (Wildman–Crippen LogP) is 3.95. The molecule has 1 N–H and O–H groups in total. The molecular formula is C21H26N4S. The normalized spacial score (nSPS) is 15.7. The summed E-state index contributed by atoms with van der Waals surface area (Å²) < 4.78 is 2.15. The standard InChI is InChI=1S/C21H26N4S/c1-26-15-12-22-17-10-13-24(14-11-17)18-6-8-19(9-7-18)25-16-23-20-4-2-3-5-21(20)25/h2-9,16-17,22H,10-15H2,1H3. The molecule has 0 aliphatic carbocycles. The Morgan fingerprint density at radius 3 is 2.54 bits per heavy atom. The van der Waals surface area contributed by atoms with Crippen LogP contribution in [0.3, 0.4) is 0 Å². The Labute approximate surface area is 159 Å². The number of rotatable bonds is 6.